The van der Waals surface area contributed by atoms with E-state index in [0.29, 0.717) is 17.5 Å². The third kappa shape index (κ3) is 5.44. The van der Waals surface area contributed by atoms with Gasteiger partial charge < -0.3 is 8.83 Å². The van der Waals surface area contributed by atoms with Crippen molar-refractivity contribution in [1.82, 2.24) is 15.0 Å². The molecule has 13 rings (SSSR count). The minimum atomic E-state index is 0.0797. The SMILES string of the molecule is c1cc(-c2ccc(-c3nc(-c4ccc5c(c4)oc4ccccc45)nc(-c4ccc5c(c4)oc4ccccc45)n3)cc2)cc(-c2cccc3c2C2(CCCCC2)c2ccccc2-3)c1. The van der Waals surface area contributed by atoms with E-state index in [4.69, 9.17) is 23.8 Å². The van der Waals surface area contributed by atoms with Gasteiger partial charge >= 0.3 is 0 Å². The van der Waals surface area contributed by atoms with Crippen molar-refractivity contribution in [2.24, 2.45) is 0 Å². The molecule has 3 heterocycles. The van der Waals surface area contributed by atoms with Crippen LogP contribution in [0, 0.1) is 0 Å². The maximum Gasteiger partial charge on any atom is 0.164 e. The minimum absolute atomic E-state index is 0.0797. The standard InChI is InChI=1S/C57H39N3O2/c1-8-30-57(31-9-1)48-19-5-2-14-42(48)47-18-11-17-41(53(47)57)38-13-10-12-37(32-38)35-22-24-36(25-23-35)54-58-55(39-26-28-45-43-15-3-6-20-49(43)61-51(45)33-39)60-56(59-54)40-27-29-46-44-16-4-7-21-50(44)62-52(46)34-40/h2-7,10-29,32-34H,1,8-9,30-31H2. The normalized spacial score (nSPS) is 14.3. The summed E-state index contributed by atoms with van der Waals surface area (Å²) < 4.78 is 12.6. The highest BCUT2D eigenvalue weighted by Gasteiger charge is 2.45. The largest absolute Gasteiger partial charge is 0.456 e. The second-order valence-electron chi connectivity index (χ2n) is 17.0. The van der Waals surface area contributed by atoms with E-state index in [2.05, 4.69) is 127 Å². The second-order valence-corrected chi connectivity index (χ2v) is 17.0. The number of hydrogen-bond donors (Lipinski definition) is 0. The van der Waals surface area contributed by atoms with E-state index in [9.17, 15) is 0 Å². The van der Waals surface area contributed by atoms with Crippen molar-refractivity contribution in [3.8, 4) is 67.5 Å². The van der Waals surface area contributed by atoms with Crippen molar-refractivity contribution in [3.63, 3.8) is 0 Å². The summed E-state index contributed by atoms with van der Waals surface area (Å²) in [6, 6.07) is 62.4. The minimum Gasteiger partial charge on any atom is -0.456 e. The van der Waals surface area contributed by atoms with Crippen LogP contribution in [0.4, 0.5) is 0 Å². The lowest BCUT2D eigenvalue weighted by atomic mass is 9.66. The molecular formula is C57H39N3O2. The Kier molecular flexibility index (Phi) is 7.77. The number of fused-ring (bicyclic) bond motifs is 11. The molecule has 8 aromatic carbocycles. The average Bonchev–Trinajstić information content (AvgIpc) is 3.99. The average molecular weight is 798 g/mol. The van der Waals surface area contributed by atoms with Crippen molar-refractivity contribution in [2.75, 3.05) is 0 Å². The zero-order valence-corrected chi connectivity index (χ0v) is 33.9. The lowest BCUT2D eigenvalue weighted by Gasteiger charge is -2.37. The van der Waals surface area contributed by atoms with Gasteiger partial charge in [0.1, 0.15) is 22.3 Å². The van der Waals surface area contributed by atoms with Crippen LogP contribution in [0.1, 0.15) is 43.2 Å². The molecule has 0 N–H and O–H groups in total. The van der Waals surface area contributed by atoms with Crippen LogP contribution in [0.5, 0.6) is 0 Å². The van der Waals surface area contributed by atoms with E-state index >= 15 is 0 Å². The van der Waals surface area contributed by atoms with Crippen molar-refractivity contribution in [2.45, 2.75) is 37.5 Å². The molecule has 62 heavy (non-hydrogen) atoms. The molecule has 3 aromatic heterocycles. The number of nitrogens with zero attached hydrogens (tertiary/aromatic N) is 3. The molecule has 0 atom stereocenters. The monoisotopic (exact) mass is 797 g/mol. The summed E-state index contributed by atoms with van der Waals surface area (Å²) in [5.41, 5.74) is 16.8. The molecule has 0 bridgehead atoms. The van der Waals surface area contributed by atoms with Crippen molar-refractivity contribution < 1.29 is 8.83 Å². The topological polar surface area (TPSA) is 65.0 Å². The van der Waals surface area contributed by atoms with E-state index in [-0.39, 0.29) is 5.41 Å². The lowest BCUT2D eigenvalue weighted by Crippen LogP contribution is -2.28. The second kappa shape index (κ2) is 13.7. The third-order valence-corrected chi connectivity index (χ3v) is 13.5. The van der Waals surface area contributed by atoms with Gasteiger partial charge in [0, 0.05) is 43.7 Å². The van der Waals surface area contributed by atoms with Gasteiger partial charge in [-0.05, 0) is 99.8 Å². The maximum atomic E-state index is 6.30. The van der Waals surface area contributed by atoms with Crippen LogP contribution in [-0.4, -0.2) is 15.0 Å². The Balaban J connectivity index is 0.898. The highest BCUT2D eigenvalue weighted by Crippen LogP contribution is 2.58. The van der Waals surface area contributed by atoms with Crippen LogP contribution in [0.15, 0.2) is 185 Å². The van der Waals surface area contributed by atoms with Gasteiger partial charge in [0.25, 0.3) is 0 Å². The van der Waals surface area contributed by atoms with Crippen LogP contribution in [0.2, 0.25) is 0 Å². The molecule has 11 aromatic rings. The molecule has 0 unspecified atom stereocenters. The lowest BCUT2D eigenvalue weighted by molar-refractivity contribution is 0.353. The summed E-state index contributed by atoms with van der Waals surface area (Å²) in [5, 5.41) is 4.29. The van der Waals surface area contributed by atoms with Gasteiger partial charge in [0.2, 0.25) is 0 Å². The maximum absolute atomic E-state index is 6.30. The predicted molar refractivity (Wildman–Crippen MR) is 251 cm³/mol. The molecule has 0 amide bonds. The Morgan fingerprint density at radius 2 is 0.839 bits per heavy atom. The van der Waals surface area contributed by atoms with Crippen LogP contribution < -0.4 is 0 Å². The first-order chi connectivity index (χ1) is 30.7. The fourth-order valence-corrected chi connectivity index (χ4v) is 10.6. The number of rotatable bonds is 5. The molecule has 5 heteroatoms. The molecule has 0 radical (unpaired) electrons. The number of aromatic nitrogens is 3. The Labute approximate surface area is 358 Å². The summed E-state index contributed by atoms with van der Waals surface area (Å²) >= 11 is 0. The van der Waals surface area contributed by atoms with E-state index in [0.717, 1.165) is 66.1 Å². The Morgan fingerprint density at radius 1 is 0.339 bits per heavy atom. The molecule has 1 saturated carbocycles. The fourth-order valence-electron chi connectivity index (χ4n) is 10.6. The summed E-state index contributed by atoms with van der Waals surface area (Å²) in [5.74, 6) is 1.74. The van der Waals surface area contributed by atoms with Crippen molar-refractivity contribution in [1.29, 1.82) is 0 Å². The summed E-state index contributed by atoms with van der Waals surface area (Å²) in [6.07, 6.45) is 6.27. The van der Waals surface area contributed by atoms with Gasteiger partial charge in [-0.3, -0.25) is 0 Å². The van der Waals surface area contributed by atoms with Gasteiger partial charge in [-0.15, -0.1) is 0 Å². The van der Waals surface area contributed by atoms with Crippen molar-refractivity contribution >= 4 is 43.9 Å². The van der Waals surface area contributed by atoms with Gasteiger partial charge in [0.15, 0.2) is 17.5 Å². The van der Waals surface area contributed by atoms with E-state index < -0.39 is 0 Å². The molecule has 2 aliphatic carbocycles. The Morgan fingerprint density at radius 3 is 1.52 bits per heavy atom. The van der Waals surface area contributed by atoms with Crippen LogP contribution in [0.3, 0.4) is 0 Å². The van der Waals surface area contributed by atoms with Crippen LogP contribution in [-0.2, 0) is 5.41 Å². The van der Waals surface area contributed by atoms with Gasteiger partial charge in [-0.25, -0.2) is 15.0 Å². The molecule has 294 valence electrons. The first kappa shape index (κ1) is 35.2. The molecule has 5 nitrogen and oxygen atoms in total. The zero-order chi connectivity index (χ0) is 40.8. The number of para-hydroxylation sites is 2. The Hall–Kier alpha value is -7.63. The molecule has 0 aliphatic heterocycles. The number of benzene rings is 8. The smallest absolute Gasteiger partial charge is 0.164 e. The highest BCUT2D eigenvalue weighted by atomic mass is 16.3. The summed E-state index contributed by atoms with van der Waals surface area (Å²) in [6.45, 7) is 0. The van der Waals surface area contributed by atoms with Crippen LogP contribution in [0.25, 0.3) is 111 Å². The van der Waals surface area contributed by atoms with Gasteiger partial charge in [0.05, 0.1) is 0 Å². The number of hydrogen-bond acceptors (Lipinski definition) is 5. The molecule has 1 fully saturated rings. The summed E-state index contributed by atoms with van der Waals surface area (Å²) in [4.78, 5) is 15.3. The predicted octanol–water partition coefficient (Wildman–Crippen LogP) is 15.2. The van der Waals surface area contributed by atoms with E-state index in [1.807, 2.05) is 48.5 Å². The molecule has 1 spiro atoms. The highest BCUT2D eigenvalue weighted by molar-refractivity contribution is 6.07. The zero-order valence-electron chi connectivity index (χ0n) is 33.9. The Bertz CT molecular complexity index is 3440. The van der Waals surface area contributed by atoms with Gasteiger partial charge in [-0.1, -0.05) is 153 Å². The first-order valence-electron chi connectivity index (χ1n) is 21.7. The van der Waals surface area contributed by atoms with E-state index in [1.165, 1.54) is 71.0 Å². The number of furan rings is 2. The fraction of sp³-hybridized carbons (Fsp3) is 0.105. The van der Waals surface area contributed by atoms with E-state index in [1.54, 1.807) is 0 Å². The van der Waals surface area contributed by atoms with Crippen molar-refractivity contribution in [3.05, 3.63) is 187 Å². The quantitative estimate of drug-likeness (QED) is 0.174. The first-order valence-corrected chi connectivity index (χ1v) is 21.7. The molecule has 0 saturated heterocycles. The molecule has 2 aliphatic rings. The van der Waals surface area contributed by atoms with Crippen LogP contribution >= 0.6 is 0 Å². The third-order valence-electron chi connectivity index (χ3n) is 13.5. The summed E-state index contributed by atoms with van der Waals surface area (Å²) in [7, 11) is 0. The molecular weight excluding hydrogens is 759 g/mol. The van der Waals surface area contributed by atoms with Gasteiger partial charge in [-0.2, -0.15) is 0 Å².